The third-order valence-corrected chi connectivity index (χ3v) is 4.97. The Morgan fingerprint density at radius 1 is 0.962 bits per heavy atom. The van der Waals surface area contributed by atoms with Gasteiger partial charge in [0.2, 0.25) is 0 Å². The molecule has 0 atom stereocenters. The number of hydrogen-bond donors (Lipinski definition) is 2. The van der Waals surface area contributed by atoms with Crippen molar-refractivity contribution in [3.63, 3.8) is 0 Å². The van der Waals surface area contributed by atoms with Crippen molar-refractivity contribution in [1.29, 1.82) is 0 Å². The van der Waals surface area contributed by atoms with Crippen LogP contribution in [0.4, 0.5) is 5.69 Å². The lowest BCUT2D eigenvalue weighted by Gasteiger charge is -2.12. The zero-order valence-electron chi connectivity index (χ0n) is 14.0. The van der Waals surface area contributed by atoms with Crippen molar-refractivity contribution in [3.05, 3.63) is 55.2 Å². The first kappa shape index (κ1) is 20.9. The van der Waals surface area contributed by atoms with Gasteiger partial charge in [0.25, 0.3) is 5.91 Å². The number of benzene rings is 2. The molecule has 26 heavy (non-hydrogen) atoms. The number of carboxylic acids is 1. The normalized spacial score (nSPS) is 10.4. The average molecular weight is 579 g/mol. The number of aliphatic carboxylic acids is 1. The van der Waals surface area contributed by atoms with Crippen molar-refractivity contribution in [2.45, 2.75) is 25.7 Å². The lowest BCUT2D eigenvalue weighted by atomic mass is 10.1. The van der Waals surface area contributed by atoms with Crippen molar-refractivity contribution in [1.82, 2.24) is 0 Å². The number of hydrogen-bond acceptors (Lipinski definition) is 3. The van der Waals surface area contributed by atoms with Gasteiger partial charge in [-0.3, -0.25) is 9.59 Å². The second-order valence-corrected chi connectivity index (χ2v) is 8.15. The molecule has 1 amide bonds. The summed E-state index contributed by atoms with van der Waals surface area (Å²) in [6, 6.07) is 13.0. The predicted octanol–water partition coefficient (Wildman–Crippen LogP) is 5.17. The van der Waals surface area contributed by atoms with Crippen LogP contribution in [0.3, 0.4) is 0 Å². The van der Waals surface area contributed by atoms with Crippen LogP contribution in [0.25, 0.3) is 0 Å². The molecule has 5 nitrogen and oxygen atoms in total. The highest BCUT2D eigenvalue weighted by Crippen LogP contribution is 2.24. The number of ether oxygens (including phenoxy) is 1. The second kappa shape index (κ2) is 10.7. The Kier molecular flexibility index (Phi) is 8.63. The Morgan fingerprint density at radius 2 is 1.65 bits per heavy atom. The van der Waals surface area contributed by atoms with E-state index in [9.17, 15) is 9.59 Å². The lowest BCUT2D eigenvalue weighted by Crippen LogP contribution is -2.14. The van der Waals surface area contributed by atoms with E-state index in [0.29, 0.717) is 24.3 Å². The number of carboxylic acid groups (broad SMARTS) is 1. The number of nitrogens with one attached hydrogen (secondary N) is 1. The van der Waals surface area contributed by atoms with Crippen LogP contribution in [0.5, 0.6) is 5.75 Å². The summed E-state index contributed by atoms with van der Waals surface area (Å²) < 4.78 is 7.87. The van der Waals surface area contributed by atoms with Gasteiger partial charge in [-0.2, -0.15) is 0 Å². The smallest absolute Gasteiger partial charge is 0.303 e. The maximum Gasteiger partial charge on any atom is 0.303 e. The minimum atomic E-state index is -0.780. The van der Waals surface area contributed by atoms with Crippen LogP contribution in [-0.2, 0) is 4.79 Å². The van der Waals surface area contributed by atoms with E-state index in [1.165, 1.54) is 0 Å². The number of carbonyl (C=O) groups excluding carboxylic acids is 1. The second-order valence-electron chi connectivity index (χ2n) is 5.65. The molecule has 0 aliphatic heterocycles. The number of carbonyl (C=O) groups is 2. The Balaban J connectivity index is 1.96. The van der Waals surface area contributed by atoms with Gasteiger partial charge in [0, 0.05) is 19.2 Å². The van der Waals surface area contributed by atoms with E-state index in [0.717, 1.165) is 25.7 Å². The van der Waals surface area contributed by atoms with Crippen LogP contribution in [0, 0.1) is 7.14 Å². The number of anilines is 1. The standard InChI is InChI=1S/C19H19I2NO4/c20-13-5-8-15(9-6-13)22-19(25)16-10-7-14(21)12-17(16)26-11-3-1-2-4-18(23)24/h5-10,12H,1-4,11H2,(H,22,25)(H,23,24). The fourth-order valence-corrected chi connectivity index (χ4v) is 3.09. The van der Waals surface area contributed by atoms with Crippen molar-refractivity contribution in [3.8, 4) is 5.75 Å². The van der Waals surface area contributed by atoms with Crippen LogP contribution in [0.2, 0.25) is 0 Å². The summed E-state index contributed by atoms with van der Waals surface area (Å²) in [5.41, 5.74) is 1.21. The molecule has 0 spiro atoms. The summed E-state index contributed by atoms with van der Waals surface area (Å²) in [5, 5.41) is 11.5. The first-order valence-corrected chi connectivity index (χ1v) is 10.3. The van der Waals surface area contributed by atoms with Crippen molar-refractivity contribution >= 4 is 62.7 Å². The van der Waals surface area contributed by atoms with Gasteiger partial charge in [-0.05, 0) is 107 Å². The fraction of sp³-hybridized carbons (Fsp3) is 0.263. The van der Waals surface area contributed by atoms with Gasteiger partial charge in [0.15, 0.2) is 0 Å². The van der Waals surface area contributed by atoms with E-state index >= 15 is 0 Å². The zero-order chi connectivity index (χ0) is 18.9. The number of halogens is 2. The monoisotopic (exact) mass is 579 g/mol. The topological polar surface area (TPSA) is 75.6 Å². The molecule has 0 aliphatic rings. The first-order chi connectivity index (χ1) is 12.5. The van der Waals surface area contributed by atoms with E-state index < -0.39 is 5.97 Å². The molecule has 2 N–H and O–H groups in total. The van der Waals surface area contributed by atoms with Crippen LogP contribution >= 0.6 is 45.2 Å². The molecule has 0 unspecified atom stereocenters. The van der Waals surface area contributed by atoms with Crippen molar-refractivity contribution in [2.24, 2.45) is 0 Å². The molecule has 0 bridgehead atoms. The molecule has 0 aromatic heterocycles. The molecular weight excluding hydrogens is 560 g/mol. The molecule has 2 rings (SSSR count). The quantitative estimate of drug-likeness (QED) is 0.318. The Hall–Kier alpha value is -1.36. The maximum absolute atomic E-state index is 12.6. The molecule has 2 aromatic rings. The van der Waals surface area contributed by atoms with Crippen LogP contribution in [-0.4, -0.2) is 23.6 Å². The van der Waals surface area contributed by atoms with Gasteiger partial charge in [-0.15, -0.1) is 0 Å². The van der Waals surface area contributed by atoms with Gasteiger partial charge >= 0.3 is 5.97 Å². The summed E-state index contributed by atoms with van der Waals surface area (Å²) in [7, 11) is 0. The van der Waals surface area contributed by atoms with Gasteiger partial charge in [-0.1, -0.05) is 0 Å². The van der Waals surface area contributed by atoms with Gasteiger partial charge in [0.1, 0.15) is 5.75 Å². The first-order valence-electron chi connectivity index (χ1n) is 8.17. The highest BCUT2D eigenvalue weighted by Gasteiger charge is 2.13. The molecular formula is C19H19I2NO4. The minimum Gasteiger partial charge on any atom is -0.493 e. The molecule has 0 saturated carbocycles. The zero-order valence-corrected chi connectivity index (χ0v) is 18.3. The van der Waals surface area contributed by atoms with Gasteiger partial charge in [-0.25, -0.2) is 0 Å². The van der Waals surface area contributed by atoms with Crippen LogP contribution in [0.1, 0.15) is 36.0 Å². The molecule has 138 valence electrons. The Bertz CT molecular complexity index is 763. The molecule has 0 aliphatic carbocycles. The molecule has 7 heteroatoms. The van der Waals surface area contributed by atoms with E-state index in [2.05, 4.69) is 50.5 Å². The number of unbranched alkanes of at least 4 members (excludes halogenated alkanes) is 2. The maximum atomic E-state index is 12.6. The van der Waals surface area contributed by atoms with Gasteiger partial charge < -0.3 is 15.2 Å². The third kappa shape index (κ3) is 7.10. The summed E-state index contributed by atoms with van der Waals surface area (Å²) in [6.45, 7) is 0.448. The van der Waals surface area contributed by atoms with E-state index in [1.54, 1.807) is 6.07 Å². The molecule has 0 radical (unpaired) electrons. The number of amides is 1. The highest BCUT2D eigenvalue weighted by atomic mass is 127. The van der Waals surface area contributed by atoms with E-state index in [-0.39, 0.29) is 12.3 Å². The summed E-state index contributed by atoms with van der Waals surface area (Å²) in [4.78, 5) is 23.1. The summed E-state index contributed by atoms with van der Waals surface area (Å²) in [5.74, 6) is -0.459. The van der Waals surface area contributed by atoms with E-state index in [4.69, 9.17) is 9.84 Å². The Morgan fingerprint density at radius 3 is 2.35 bits per heavy atom. The predicted molar refractivity (Wildman–Crippen MR) is 118 cm³/mol. The highest BCUT2D eigenvalue weighted by molar-refractivity contribution is 14.1. The summed E-state index contributed by atoms with van der Waals surface area (Å²) >= 11 is 4.39. The number of rotatable bonds is 9. The Labute approximate surface area is 179 Å². The lowest BCUT2D eigenvalue weighted by molar-refractivity contribution is -0.137. The third-order valence-electron chi connectivity index (χ3n) is 3.58. The van der Waals surface area contributed by atoms with Gasteiger partial charge in [0.05, 0.1) is 12.2 Å². The largest absolute Gasteiger partial charge is 0.493 e. The SMILES string of the molecule is O=C(O)CCCCCOc1cc(I)ccc1C(=O)Nc1ccc(I)cc1. The molecule has 2 aromatic carbocycles. The van der Waals surface area contributed by atoms with E-state index in [1.807, 2.05) is 36.4 Å². The molecule has 0 fully saturated rings. The average Bonchev–Trinajstić information content (AvgIpc) is 2.59. The van der Waals surface area contributed by atoms with Crippen molar-refractivity contribution < 1.29 is 19.4 Å². The molecule has 0 saturated heterocycles. The fourth-order valence-electron chi connectivity index (χ4n) is 2.27. The van der Waals surface area contributed by atoms with Crippen LogP contribution in [0.15, 0.2) is 42.5 Å². The minimum absolute atomic E-state index is 0.174. The summed E-state index contributed by atoms with van der Waals surface area (Å²) in [6.07, 6.45) is 2.33. The van der Waals surface area contributed by atoms with Crippen molar-refractivity contribution in [2.75, 3.05) is 11.9 Å². The van der Waals surface area contributed by atoms with Crippen LogP contribution < -0.4 is 10.1 Å². The molecule has 0 heterocycles.